The van der Waals surface area contributed by atoms with Crippen LogP contribution >= 0.6 is 23.2 Å². The van der Waals surface area contributed by atoms with Gasteiger partial charge < -0.3 is 5.32 Å². The molecule has 9 heteroatoms. The fraction of sp³-hybridized carbons (Fsp3) is 0.176. The zero-order chi connectivity index (χ0) is 19.1. The van der Waals surface area contributed by atoms with Crippen LogP contribution in [0.25, 0.3) is 0 Å². The highest BCUT2D eigenvalue weighted by Crippen LogP contribution is 2.31. The molecule has 0 bridgehead atoms. The van der Waals surface area contributed by atoms with E-state index in [4.69, 9.17) is 23.2 Å². The maximum absolute atomic E-state index is 12.4. The van der Waals surface area contributed by atoms with E-state index >= 15 is 0 Å². The summed E-state index contributed by atoms with van der Waals surface area (Å²) in [4.78, 5) is 24.5. The molecule has 1 aliphatic rings. The first-order valence-corrected chi connectivity index (χ1v) is 9.99. The average Bonchev–Trinajstić information content (AvgIpc) is 2.78. The lowest BCUT2D eigenvalue weighted by molar-refractivity contribution is -0.119. The predicted octanol–water partition coefficient (Wildman–Crippen LogP) is 3.56. The van der Waals surface area contributed by atoms with E-state index in [2.05, 4.69) is 5.32 Å². The molecule has 2 aromatic carbocycles. The first-order valence-electron chi connectivity index (χ1n) is 7.63. The minimum atomic E-state index is -3.68. The number of nitrogens with one attached hydrogen (secondary N) is 1. The molecule has 0 aromatic heterocycles. The molecule has 2 amide bonds. The van der Waals surface area contributed by atoms with Crippen LogP contribution in [0.4, 0.5) is 11.4 Å². The molecular weight excluding hydrogens is 399 g/mol. The van der Waals surface area contributed by atoms with Gasteiger partial charge in [-0.3, -0.25) is 9.59 Å². The summed E-state index contributed by atoms with van der Waals surface area (Å²) in [5.74, 6) is -1.76. The monoisotopic (exact) mass is 412 g/mol. The van der Waals surface area contributed by atoms with Crippen LogP contribution in [0.5, 0.6) is 0 Å². The highest BCUT2D eigenvalue weighted by atomic mass is 35.5. The largest absolute Gasteiger partial charge is 0.319 e. The molecule has 2 aromatic rings. The molecule has 136 valence electrons. The third kappa shape index (κ3) is 3.42. The van der Waals surface area contributed by atoms with Gasteiger partial charge in [0.15, 0.2) is 0 Å². The van der Waals surface area contributed by atoms with Gasteiger partial charge in [0, 0.05) is 5.56 Å². The number of rotatable bonds is 3. The van der Waals surface area contributed by atoms with E-state index in [1.807, 2.05) is 0 Å². The molecule has 1 atom stereocenters. The van der Waals surface area contributed by atoms with E-state index in [9.17, 15) is 18.0 Å². The third-order valence-corrected chi connectivity index (χ3v) is 6.42. The normalized spacial score (nSPS) is 18.8. The van der Waals surface area contributed by atoms with Crippen LogP contribution in [0, 0.1) is 5.92 Å². The SMILES string of the molecule is CC1CS(=O)(=O)N(c2ccc(C(=O)Nc3c(Cl)cccc3Cl)cc2)C1=O. The van der Waals surface area contributed by atoms with Crippen molar-refractivity contribution in [2.45, 2.75) is 6.92 Å². The second-order valence-electron chi connectivity index (χ2n) is 5.88. The average molecular weight is 413 g/mol. The van der Waals surface area contributed by atoms with Crippen molar-refractivity contribution in [1.82, 2.24) is 0 Å². The van der Waals surface area contributed by atoms with Crippen molar-refractivity contribution >= 4 is 56.4 Å². The number of anilines is 2. The summed E-state index contributed by atoms with van der Waals surface area (Å²) in [6.45, 7) is 1.56. The summed E-state index contributed by atoms with van der Waals surface area (Å²) in [6, 6.07) is 10.5. The smallest absolute Gasteiger partial charge is 0.255 e. The van der Waals surface area contributed by atoms with Gasteiger partial charge in [-0.2, -0.15) is 0 Å². The Balaban J connectivity index is 1.84. The summed E-state index contributed by atoms with van der Waals surface area (Å²) in [7, 11) is -3.68. The topological polar surface area (TPSA) is 83.6 Å². The minimum absolute atomic E-state index is 0.201. The Morgan fingerprint density at radius 1 is 1.12 bits per heavy atom. The van der Waals surface area contributed by atoms with Crippen molar-refractivity contribution in [3.8, 4) is 0 Å². The highest BCUT2D eigenvalue weighted by Gasteiger charge is 2.41. The van der Waals surface area contributed by atoms with E-state index in [0.717, 1.165) is 4.31 Å². The van der Waals surface area contributed by atoms with E-state index < -0.39 is 27.8 Å². The number of halogens is 2. The zero-order valence-corrected chi connectivity index (χ0v) is 15.9. The van der Waals surface area contributed by atoms with Gasteiger partial charge in [-0.05, 0) is 36.4 Å². The van der Waals surface area contributed by atoms with Gasteiger partial charge in [0.05, 0.1) is 33.1 Å². The Morgan fingerprint density at radius 2 is 1.69 bits per heavy atom. The maximum Gasteiger partial charge on any atom is 0.255 e. The second-order valence-corrected chi connectivity index (χ2v) is 8.56. The Labute approximate surface area is 160 Å². The van der Waals surface area contributed by atoms with Crippen molar-refractivity contribution < 1.29 is 18.0 Å². The Morgan fingerprint density at radius 3 is 2.19 bits per heavy atom. The number of hydrogen-bond donors (Lipinski definition) is 1. The molecule has 1 unspecified atom stereocenters. The molecule has 6 nitrogen and oxygen atoms in total. The summed E-state index contributed by atoms with van der Waals surface area (Å²) in [5.41, 5.74) is 0.754. The van der Waals surface area contributed by atoms with E-state index in [-0.39, 0.29) is 22.7 Å². The van der Waals surface area contributed by atoms with Gasteiger partial charge in [-0.15, -0.1) is 0 Å². The lowest BCUT2D eigenvalue weighted by Crippen LogP contribution is -2.30. The van der Waals surface area contributed by atoms with Gasteiger partial charge in [0.2, 0.25) is 15.9 Å². The lowest BCUT2D eigenvalue weighted by atomic mass is 10.1. The fourth-order valence-corrected chi connectivity index (χ4v) is 4.95. The Bertz CT molecular complexity index is 970. The number of para-hydroxylation sites is 1. The zero-order valence-electron chi connectivity index (χ0n) is 13.6. The molecule has 1 N–H and O–H groups in total. The molecule has 1 heterocycles. The minimum Gasteiger partial charge on any atom is -0.319 e. The lowest BCUT2D eigenvalue weighted by Gasteiger charge is -2.15. The molecule has 1 fully saturated rings. The number of amides is 2. The van der Waals surface area contributed by atoms with Gasteiger partial charge in [-0.25, -0.2) is 12.7 Å². The van der Waals surface area contributed by atoms with Crippen molar-refractivity contribution in [2.24, 2.45) is 5.92 Å². The van der Waals surface area contributed by atoms with Crippen molar-refractivity contribution in [1.29, 1.82) is 0 Å². The van der Waals surface area contributed by atoms with Crippen LogP contribution in [0.3, 0.4) is 0 Å². The molecule has 0 aliphatic carbocycles. The Hall–Kier alpha value is -2.09. The van der Waals surface area contributed by atoms with Crippen molar-refractivity contribution in [2.75, 3.05) is 15.4 Å². The number of hydrogen-bond acceptors (Lipinski definition) is 4. The molecule has 0 saturated carbocycles. The summed E-state index contributed by atoms with van der Waals surface area (Å²) >= 11 is 12.0. The number of benzene rings is 2. The molecule has 1 saturated heterocycles. The summed E-state index contributed by atoms with van der Waals surface area (Å²) in [6.07, 6.45) is 0. The highest BCUT2D eigenvalue weighted by molar-refractivity contribution is 7.94. The predicted molar refractivity (Wildman–Crippen MR) is 101 cm³/mol. The maximum atomic E-state index is 12.4. The first kappa shape index (κ1) is 18.7. The third-order valence-electron chi connectivity index (χ3n) is 3.93. The van der Waals surface area contributed by atoms with E-state index in [0.29, 0.717) is 10.0 Å². The van der Waals surface area contributed by atoms with E-state index in [1.165, 1.54) is 24.3 Å². The molecule has 26 heavy (non-hydrogen) atoms. The van der Waals surface area contributed by atoms with Crippen LogP contribution in [0.1, 0.15) is 17.3 Å². The number of carbonyl (C=O) groups excluding carboxylic acids is 2. The van der Waals surface area contributed by atoms with Gasteiger partial charge in [-0.1, -0.05) is 36.2 Å². The quantitative estimate of drug-likeness (QED) is 0.834. The molecular formula is C17H14Cl2N2O4S. The summed E-state index contributed by atoms with van der Waals surface area (Å²) in [5, 5.41) is 3.21. The molecule has 0 radical (unpaired) electrons. The van der Waals surface area contributed by atoms with E-state index in [1.54, 1.807) is 25.1 Å². The first-order chi connectivity index (χ1) is 12.2. The summed E-state index contributed by atoms with van der Waals surface area (Å²) < 4.78 is 25.0. The van der Waals surface area contributed by atoms with Gasteiger partial charge in [0.1, 0.15) is 0 Å². The van der Waals surface area contributed by atoms with Crippen LogP contribution in [-0.4, -0.2) is 26.0 Å². The molecule has 0 spiro atoms. The van der Waals surface area contributed by atoms with Crippen LogP contribution in [-0.2, 0) is 14.8 Å². The van der Waals surface area contributed by atoms with Crippen LogP contribution in [0.2, 0.25) is 10.0 Å². The van der Waals surface area contributed by atoms with Crippen LogP contribution in [0.15, 0.2) is 42.5 Å². The standard InChI is InChI=1S/C17H14Cl2N2O4S/c1-10-9-26(24,25)21(17(10)23)12-7-5-11(6-8-12)16(22)20-15-13(18)3-2-4-14(15)19/h2-8,10H,9H2,1H3,(H,20,22). The number of carbonyl (C=O) groups is 2. The van der Waals surface area contributed by atoms with Crippen LogP contribution < -0.4 is 9.62 Å². The van der Waals surface area contributed by atoms with Crippen molar-refractivity contribution in [3.05, 3.63) is 58.1 Å². The fourth-order valence-electron chi connectivity index (χ4n) is 2.64. The Kier molecular flexibility index (Phi) is 4.96. The molecule has 1 aliphatic heterocycles. The number of sulfonamides is 1. The van der Waals surface area contributed by atoms with Gasteiger partial charge in [0.25, 0.3) is 5.91 Å². The van der Waals surface area contributed by atoms with Gasteiger partial charge >= 0.3 is 0 Å². The van der Waals surface area contributed by atoms with Crippen molar-refractivity contribution in [3.63, 3.8) is 0 Å². The number of nitrogens with zero attached hydrogens (tertiary/aromatic N) is 1. The molecule has 3 rings (SSSR count). The second kappa shape index (κ2) is 6.90.